The molecule has 0 bridgehead atoms. The van der Waals surface area contributed by atoms with Gasteiger partial charge < -0.3 is 9.26 Å². The van der Waals surface area contributed by atoms with E-state index in [1.807, 2.05) is 20.8 Å². The van der Waals surface area contributed by atoms with Crippen LogP contribution in [0.4, 0.5) is 0 Å². The number of esters is 1. The van der Waals surface area contributed by atoms with E-state index in [4.69, 9.17) is 9.26 Å². The van der Waals surface area contributed by atoms with Crippen LogP contribution in [-0.4, -0.2) is 37.7 Å². The van der Waals surface area contributed by atoms with Gasteiger partial charge in [-0.05, 0) is 13.8 Å². The molecule has 2 heterocycles. The molecule has 114 valence electrons. The van der Waals surface area contributed by atoms with Crippen LogP contribution >= 0.6 is 0 Å². The first-order chi connectivity index (χ1) is 9.82. The molecule has 21 heavy (non-hydrogen) atoms. The van der Waals surface area contributed by atoms with Gasteiger partial charge in [-0.15, -0.1) is 5.10 Å². The molecule has 0 saturated carbocycles. The van der Waals surface area contributed by atoms with Gasteiger partial charge in [-0.3, -0.25) is 0 Å². The lowest BCUT2D eigenvalue weighted by atomic mass is 9.96. The number of hydrogen-bond donors (Lipinski definition) is 0. The smallest absolute Gasteiger partial charge is 0.360 e. The molecule has 0 fully saturated rings. The first-order valence-electron chi connectivity index (χ1n) is 6.73. The monoisotopic (exact) mass is 293 g/mol. The second-order valence-electron chi connectivity index (χ2n) is 5.66. The third-order valence-electron chi connectivity index (χ3n) is 2.88. The fraction of sp³-hybridized carbons (Fsp3) is 0.615. The summed E-state index contributed by atoms with van der Waals surface area (Å²) < 4.78 is 11.7. The maximum Gasteiger partial charge on any atom is 0.360 e. The first kappa shape index (κ1) is 15.1. The summed E-state index contributed by atoms with van der Waals surface area (Å²) in [6.45, 7) is 10.0. The lowest BCUT2D eigenvalue weighted by Crippen LogP contribution is -2.13. The fourth-order valence-electron chi connectivity index (χ4n) is 1.65. The van der Waals surface area contributed by atoms with E-state index in [1.165, 1.54) is 4.68 Å². The SMILES string of the molecule is CCOC(=O)c1nnn(Cc2nc(C(C)(C)C)no2)c1C. The lowest BCUT2D eigenvalue weighted by molar-refractivity contribution is 0.0518. The summed E-state index contributed by atoms with van der Waals surface area (Å²) in [6, 6.07) is 0. The van der Waals surface area contributed by atoms with Crippen molar-refractivity contribution in [3.63, 3.8) is 0 Å². The van der Waals surface area contributed by atoms with Gasteiger partial charge in [-0.1, -0.05) is 31.1 Å². The number of carbonyl (C=O) groups excluding carboxylic acids is 1. The van der Waals surface area contributed by atoms with Gasteiger partial charge in [-0.2, -0.15) is 4.98 Å². The molecule has 0 spiro atoms. The molecule has 2 rings (SSSR count). The summed E-state index contributed by atoms with van der Waals surface area (Å²) in [4.78, 5) is 16.0. The van der Waals surface area contributed by atoms with Crippen molar-refractivity contribution < 1.29 is 14.1 Å². The van der Waals surface area contributed by atoms with Gasteiger partial charge >= 0.3 is 5.97 Å². The van der Waals surface area contributed by atoms with E-state index in [-0.39, 0.29) is 17.7 Å². The normalized spacial score (nSPS) is 11.7. The van der Waals surface area contributed by atoms with Crippen LogP contribution in [0.15, 0.2) is 4.52 Å². The Hall–Kier alpha value is -2.25. The fourth-order valence-corrected chi connectivity index (χ4v) is 1.65. The number of rotatable bonds is 4. The lowest BCUT2D eigenvalue weighted by Gasteiger charge is -2.10. The van der Waals surface area contributed by atoms with Crippen LogP contribution in [-0.2, 0) is 16.7 Å². The van der Waals surface area contributed by atoms with E-state index in [1.54, 1.807) is 13.8 Å². The van der Waals surface area contributed by atoms with Gasteiger partial charge in [0.2, 0.25) is 5.89 Å². The number of hydrogen-bond acceptors (Lipinski definition) is 7. The molecule has 0 aliphatic rings. The zero-order valence-corrected chi connectivity index (χ0v) is 12.9. The van der Waals surface area contributed by atoms with E-state index in [0.717, 1.165) is 0 Å². The predicted molar refractivity (Wildman–Crippen MR) is 72.8 cm³/mol. The quantitative estimate of drug-likeness (QED) is 0.788. The molecule has 0 radical (unpaired) electrons. The Morgan fingerprint density at radius 1 is 1.38 bits per heavy atom. The Bertz CT molecular complexity index is 639. The van der Waals surface area contributed by atoms with Gasteiger partial charge in [0.15, 0.2) is 11.5 Å². The van der Waals surface area contributed by atoms with E-state index in [2.05, 4.69) is 20.5 Å². The van der Waals surface area contributed by atoms with Gasteiger partial charge in [0, 0.05) is 5.41 Å². The van der Waals surface area contributed by atoms with Crippen LogP contribution in [0.3, 0.4) is 0 Å². The molecular formula is C13H19N5O3. The molecule has 0 aromatic carbocycles. The number of carbonyl (C=O) groups is 1. The maximum atomic E-state index is 11.7. The average Bonchev–Trinajstić information content (AvgIpc) is 2.98. The molecular weight excluding hydrogens is 274 g/mol. The van der Waals surface area contributed by atoms with Crippen LogP contribution in [0.25, 0.3) is 0 Å². The summed E-state index contributed by atoms with van der Waals surface area (Å²) >= 11 is 0. The summed E-state index contributed by atoms with van der Waals surface area (Å²) in [5.41, 5.74) is 0.617. The molecule has 0 N–H and O–H groups in total. The van der Waals surface area contributed by atoms with Gasteiger partial charge in [0.25, 0.3) is 0 Å². The zero-order chi connectivity index (χ0) is 15.6. The number of nitrogens with zero attached hydrogens (tertiary/aromatic N) is 5. The molecule has 8 heteroatoms. The number of aromatic nitrogens is 5. The highest BCUT2D eigenvalue weighted by Gasteiger charge is 2.22. The molecule has 2 aromatic heterocycles. The number of ether oxygens (including phenoxy) is 1. The summed E-state index contributed by atoms with van der Waals surface area (Å²) in [5, 5.41) is 11.7. The minimum atomic E-state index is -0.484. The molecule has 0 unspecified atom stereocenters. The summed E-state index contributed by atoms with van der Waals surface area (Å²) in [5.74, 6) is 0.561. The molecule has 8 nitrogen and oxygen atoms in total. The van der Waals surface area contributed by atoms with Crippen LogP contribution < -0.4 is 0 Å². The highest BCUT2D eigenvalue weighted by Crippen LogP contribution is 2.18. The van der Waals surface area contributed by atoms with Crippen LogP contribution in [0, 0.1) is 6.92 Å². The minimum Gasteiger partial charge on any atom is -0.461 e. The Morgan fingerprint density at radius 2 is 2.10 bits per heavy atom. The highest BCUT2D eigenvalue weighted by atomic mass is 16.5. The second kappa shape index (κ2) is 5.63. The summed E-state index contributed by atoms with van der Waals surface area (Å²) in [6.07, 6.45) is 0. The Labute approximate surface area is 122 Å². The van der Waals surface area contributed by atoms with Gasteiger partial charge in [0.05, 0.1) is 12.3 Å². The minimum absolute atomic E-state index is 0.185. The molecule has 0 aliphatic heterocycles. The van der Waals surface area contributed by atoms with Crippen molar-refractivity contribution in [1.82, 2.24) is 25.1 Å². The first-order valence-corrected chi connectivity index (χ1v) is 6.73. The predicted octanol–water partition coefficient (Wildman–Crippen LogP) is 1.49. The van der Waals surface area contributed by atoms with Crippen molar-refractivity contribution in [2.24, 2.45) is 0 Å². The van der Waals surface area contributed by atoms with E-state index >= 15 is 0 Å². The molecule has 2 aromatic rings. The third kappa shape index (κ3) is 3.26. The molecule has 0 amide bonds. The third-order valence-corrected chi connectivity index (χ3v) is 2.88. The van der Waals surface area contributed by atoms with Gasteiger partial charge in [-0.25, -0.2) is 9.48 Å². The van der Waals surface area contributed by atoms with Crippen molar-refractivity contribution in [3.05, 3.63) is 23.1 Å². The maximum absolute atomic E-state index is 11.7. The van der Waals surface area contributed by atoms with Crippen LogP contribution in [0.2, 0.25) is 0 Å². The van der Waals surface area contributed by atoms with E-state index in [0.29, 0.717) is 24.0 Å². The van der Waals surface area contributed by atoms with Crippen molar-refractivity contribution in [1.29, 1.82) is 0 Å². The van der Waals surface area contributed by atoms with Crippen molar-refractivity contribution >= 4 is 5.97 Å². The molecule has 0 aliphatic carbocycles. The summed E-state index contributed by atoms with van der Waals surface area (Å²) in [7, 11) is 0. The van der Waals surface area contributed by atoms with Crippen molar-refractivity contribution in [2.75, 3.05) is 6.61 Å². The van der Waals surface area contributed by atoms with E-state index < -0.39 is 5.97 Å². The topological polar surface area (TPSA) is 95.9 Å². The Kier molecular flexibility index (Phi) is 4.06. The van der Waals surface area contributed by atoms with Gasteiger partial charge in [0.1, 0.15) is 6.54 Å². The second-order valence-corrected chi connectivity index (χ2v) is 5.66. The Morgan fingerprint density at radius 3 is 2.67 bits per heavy atom. The standard InChI is InChI=1S/C13H19N5O3/c1-6-20-11(19)10-8(2)18(17-15-10)7-9-14-12(16-21-9)13(3,4)5/h6-7H2,1-5H3. The molecule has 0 saturated heterocycles. The van der Waals surface area contributed by atoms with Crippen molar-refractivity contribution in [3.8, 4) is 0 Å². The zero-order valence-electron chi connectivity index (χ0n) is 12.9. The highest BCUT2D eigenvalue weighted by molar-refractivity contribution is 5.88. The molecule has 0 atom stereocenters. The average molecular weight is 293 g/mol. The Balaban J connectivity index is 2.17. The largest absolute Gasteiger partial charge is 0.461 e. The van der Waals surface area contributed by atoms with Crippen LogP contribution in [0.5, 0.6) is 0 Å². The van der Waals surface area contributed by atoms with Crippen LogP contribution in [0.1, 0.15) is 55.6 Å². The van der Waals surface area contributed by atoms with E-state index in [9.17, 15) is 4.79 Å². The van der Waals surface area contributed by atoms with Crippen molar-refractivity contribution in [2.45, 2.75) is 46.6 Å².